The van der Waals surface area contributed by atoms with Gasteiger partial charge in [-0.05, 0) is 23.6 Å². The molecular formula is C11H12N3O+. The van der Waals surface area contributed by atoms with Crippen LogP contribution in [-0.4, -0.2) is 12.5 Å². The molecular weight excluding hydrogens is 190 g/mol. The van der Waals surface area contributed by atoms with Gasteiger partial charge in [-0.25, -0.2) is 4.98 Å². The number of amides is 1. The molecule has 0 saturated heterocycles. The minimum Gasteiger partial charge on any atom is -0.325 e. The maximum Gasteiger partial charge on any atom is 0.238 e. The molecule has 0 unspecified atom stereocenters. The fraction of sp³-hybridized carbons (Fsp3) is 0.0909. The van der Waals surface area contributed by atoms with E-state index in [4.69, 9.17) is 5.73 Å². The van der Waals surface area contributed by atoms with Gasteiger partial charge < -0.3 is 11.1 Å². The second-order valence-corrected chi connectivity index (χ2v) is 3.24. The van der Waals surface area contributed by atoms with Crippen LogP contribution in [0.3, 0.4) is 0 Å². The Morgan fingerprint density at radius 3 is 3.00 bits per heavy atom. The Bertz CT molecular complexity index is 496. The molecule has 1 amide bonds. The number of pyridine rings is 1. The minimum absolute atomic E-state index is 0.000600. The number of nitrogens with one attached hydrogen (secondary N) is 2. The summed E-state index contributed by atoms with van der Waals surface area (Å²) < 4.78 is 0. The highest BCUT2D eigenvalue weighted by atomic mass is 16.1. The molecule has 0 aliphatic heterocycles. The van der Waals surface area contributed by atoms with E-state index in [0.29, 0.717) is 0 Å². The first-order valence-corrected chi connectivity index (χ1v) is 4.69. The molecule has 0 saturated carbocycles. The van der Waals surface area contributed by atoms with Gasteiger partial charge in [0.1, 0.15) is 0 Å². The highest BCUT2D eigenvalue weighted by Gasteiger charge is 2.01. The van der Waals surface area contributed by atoms with Crippen LogP contribution in [0.25, 0.3) is 10.8 Å². The van der Waals surface area contributed by atoms with Crippen LogP contribution in [0.15, 0.2) is 36.7 Å². The van der Waals surface area contributed by atoms with E-state index >= 15 is 0 Å². The summed E-state index contributed by atoms with van der Waals surface area (Å²) >= 11 is 0. The van der Waals surface area contributed by atoms with Crippen molar-refractivity contribution in [2.45, 2.75) is 0 Å². The zero-order valence-electron chi connectivity index (χ0n) is 8.16. The lowest BCUT2D eigenvalue weighted by Gasteiger charge is -2.03. The van der Waals surface area contributed by atoms with Gasteiger partial charge in [-0.1, -0.05) is 0 Å². The van der Waals surface area contributed by atoms with Crippen LogP contribution >= 0.6 is 0 Å². The molecule has 4 N–H and O–H groups in total. The summed E-state index contributed by atoms with van der Waals surface area (Å²) in [5.41, 5.74) is 5.98. The minimum atomic E-state index is -0.183. The van der Waals surface area contributed by atoms with Gasteiger partial charge in [0.25, 0.3) is 0 Å². The van der Waals surface area contributed by atoms with Crippen molar-refractivity contribution in [3.05, 3.63) is 36.7 Å². The Labute approximate surface area is 87.1 Å². The van der Waals surface area contributed by atoms with Crippen LogP contribution in [0, 0.1) is 0 Å². The van der Waals surface area contributed by atoms with Crippen LogP contribution in [-0.2, 0) is 4.79 Å². The van der Waals surface area contributed by atoms with E-state index in [1.807, 2.05) is 36.7 Å². The summed E-state index contributed by atoms with van der Waals surface area (Å²) in [4.78, 5) is 14.1. The predicted octanol–water partition coefficient (Wildman–Crippen LogP) is 0.551. The molecule has 1 heterocycles. The lowest BCUT2D eigenvalue weighted by molar-refractivity contribution is -0.375. The number of aromatic amines is 1. The van der Waals surface area contributed by atoms with Crippen molar-refractivity contribution in [1.82, 2.24) is 0 Å². The molecule has 2 aromatic rings. The normalized spacial score (nSPS) is 10.2. The average Bonchev–Trinajstić information content (AvgIpc) is 2.29. The molecule has 0 fully saturated rings. The summed E-state index contributed by atoms with van der Waals surface area (Å²) in [5, 5.41) is 4.88. The van der Waals surface area contributed by atoms with E-state index in [-0.39, 0.29) is 12.5 Å². The number of carbonyl (C=O) groups excluding carboxylic acids is 1. The van der Waals surface area contributed by atoms with Crippen molar-refractivity contribution in [3.8, 4) is 0 Å². The van der Waals surface area contributed by atoms with Gasteiger partial charge in [-0.15, -0.1) is 0 Å². The number of hydrogen-bond acceptors (Lipinski definition) is 2. The fourth-order valence-corrected chi connectivity index (χ4v) is 1.42. The Hall–Kier alpha value is -1.94. The van der Waals surface area contributed by atoms with Crippen molar-refractivity contribution in [2.24, 2.45) is 5.73 Å². The quantitative estimate of drug-likeness (QED) is 0.746. The Kier molecular flexibility index (Phi) is 2.60. The number of rotatable bonds is 2. The largest absolute Gasteiger partial charge is 0.325 e. The fourth-order valence-electron chi connectivity index (χ4n) is 1.42. The zero-order chi connectivity index (χ0) is 10.7. The SMILES string of the molecule is NCC(=O)Nc1ccc2c[nH+]ccc2c1. The molecule has 0 atom stereocenters. The van der Waals surface area contributed by atoms with Gasteiger partial charge in [-0.2, -0.15) is 0 Å². The van der Waals surface area contributed by atoms with Gasteiger partial charge in [0.2, 0.25) is 5.91 Å². The first kappa shape index (κ1) is 9.61. The Balaban J connectivity index is 2.34. The van der Waals surface area contributed by atoms with Gasteiger partial charge in [0, 0.05) is 17.1 Å². The third-order valence-electron chi connectivity index (χ3n) is 2.15. The number of nitrogens with two attached hydrogens (primary N) is 1. The van der Waals surface area contributed by atoms with Gasteiger partial charge in [-0.3, -0.25) is 4.79 Å². The highest BCUT2D eigenvalue weighted by molar-refractivity contribution is 5.94. The molecule has 2 rings (SSSR count). The Morgan fingerprint density at radius 1 is 1.33 bits per heavy atom. The molecule has 1 aromatic heterocycles. The second kappa shape index (κ2) is 4.06. The molecule has 0 aliphatic rings. The van der Waals surface area contributed by atoms with E-state index in [9.17, 15) is 4.79 Å². The smallest absolute Gasteiger partial charge is 0.238 e. The third kappa shape index (κ3) is 2.11. The summed E-state index contributed by atoms with van der Waals surface area (Å²) in [6.45, 7) is 0.000600. The van der Waals surface area contributed by atoms with Crippen molar-refractivity contribution in [2.75, 3.05) is 11.9 Å². The first-order valence-electron chi connectivity index (χ1n) is 4.69. The van der Waals surface area contributed by atoms with Gasteiger partial charge >= 0.3 is 0 Å². The highest BCUT2D eigenvalue weighted by Crippen LogP contribution is 2.16. The number of H-pyrrole nitrogens is 1. The van der Waals surface area contributed by atoms with Gasteiger partial charge in [0.15, 0.2) is 12.4 Å². The molecule has 0 spiro atoms. The van der Waals surface area contributed by atoms with Gasteiger partial charge in [0.05, 0.1) is 6.54 Å². The number of aromatic nitrogens is 1. The molecule has 4 heteroatoms. The third-order valence-corrected chi connectivity index (χ3v) is 2.15. The van der Waals surface area contributed by atoms with E-state index in [2.05, 4.69) is 10.3 Å². The molecule has 0 bridgehead atoms. The maximum atomic E-state index is 11.1. The zero-order valence-corrected chi connectivity index (χ0v) is 8.16. The molecule has 4 nitrogen and oxygen atoms in total. The lowest BCUT2D eigenvalue weighted by atomic mass is 10.1. The van der Waals surface area contributed by atoms with Crippen molar-refractivity contribution >= 4 is 22.4 Å². The van der Waals surface area contributed by atoms with E-state index in [1.54, 1.807) is 0 Å². The number of benzene rings is 1. The van der Waals surface area contributed by atoms with Crippen LogP contribution in [0.1, 0.15) is 0 Å². The van der Waals surface area contributed by atoms with E-state index in [0.717, 1.165) is 16.5 Å². The average molecular weight is 202 g/mol. The van der Waals surface area contributed by atoms with E-state index < -0.39 is 0 Å². The Morgan fingerprint density at radius 2 is 2.20 bits per heavy atom. The lowest BCUT2D eigenvalue weighted by Crippen LogP contribution is -2.21. The van der Waals surface area contributed by atoms with E-state index in [1.165, 1.54) is 0 Å². The number of hydrogen-bond donors (Lipinski definition) is 2. The molecule has 15 heavy (non-hydrogen) atoms. The summed E-state index contributed by atoms with van der Waals surface area (Å²) in [6, 6.07) is 7.66. The maximum absolute atomic E-state index is 11.1. The molecule has 76 valence electrons. The molecule has 0 radical (unpaired) electrons. The number of anilines is 1. The number of fused-ring (bicyclic) bond motifs is 1. The van der Waals surface area contributed by atoms with Crippen molar-refractivity contribution in [1.29, 1.82) is 0 Å². The van der Waals surface area contributed by atoms with Crippen LogP contribution in [0.2, 0.25) is 0 Å². The predicted molar refractivity (Wildman–Crippen MR) is 58.2 cm³/mol. The first-order chi connectivity index (χ1) is 7.29. The molecule has 0 aliphatic carbocycles. The molecule has 1 aromatic carbocycles. The number of carbonyl (C=O) groups is 1. The van der Waals surface area contributed by atoms with Crippen LogP contribution in [0.4, 0.5) is 5.69 Å². The topological polar surface area (TPSA) is 69.3 Å². The summed E-state index contributed by atoms with van der Waals surface area (Å²) in [7, 11) is 0. The standard InChI is InChI=1S/C11H11N3O/c12-6-11(15)14-10-2-1-9-7-13-4-3-8(9)5-10/h1-5,7H,6,12H2,(H,14,15)/p+1. The van der Waals surface area contributed by atoms with Crippen LogP contribution < -0.4 is 16.0 Å². The van der Waals surface area contributed by atoms with Crippen molar-refractivity contribution in [3.63, 3.8) is 0 Å². The summed E-state index contributed by atoms with van der Waals surface area (Å²) in [5.74, 6) is -0.183. The monoisotopic (exact) mass is 202 g/mol. The van der Waals surface area contributed by atoms with Crippen molar-refractivity contribution < 1.29 is 9.78 Å². The summed E-state index contributed by atoms with van der Waals surface area (Å²) in [6.07, 6.45) is 3.75. The second-order valence-electron chi connectivity index (χ2n) is 3.24. The van der Waals surface area contributed by atoms with Crippen LogP contribution in [0.5, 0.6) is 0 Å².